The molecule has 1 aromatic rings. The largest absolute Gasteiger partial charge is 0.545 e. The van der Waals surface area contributed by atoms with E-state index in [2.05, 4.69) is 25.7 Å². The van der Waals surface area contributed by atoms with E-state index in [0.29, 0.717) is 5.75 Å². The van der Waals surface area contributed by atoms with Crippen LogP contribution in [0.25, 0.3) is 0 Å². The number of nitrogens with zero attached hydrogens (tertiary/aromatic N) is 1. The molecule has 1 saturated heterocycles. The number of carboxylic acid groups (broad SMARTS) is 1. The fourth-order valence-corrected chi connectivity index (χ4v) is 3.37. The molecule has 0 N–H and O–H groups in total. The van der Waals surface area contributed by atoms with Gasteiger partial charge in [-0.05, 0) is 70.5 Å². The maximum atomic E-state index is 14.1. The first-order valence-corrected chi connectivity index (χ1v) is 8.72. The van der Waals surface area contributed by atoms with Gasteiger partial charge in [-0.25, -0.2) is 4.39 Å². The number of rotatable bonds is 4. The molecule has 1 atom stereocenters. The van der Waals surface area contributed by atoms with Gasteiger partial charge in [-0.15, -0.1) is 0 Å². The summed E-state index contributed by atoms with van der Waals surface area (Å²) in [5.41, 5.74) is 0.513. The summed E-state index contributed by atoms with van der Waals surface area (Å²) in [7, 11) is 0. The third-order valence-corrected chi connectivity index (χ3v) is 4.96. The summed E-state index contributed by atoms with van der Waals surface area (Å²) >= 11 is 0. The molecule has 24 heavy (non-hydrogen) atoms. The number of aromatic carboxylic acids is 1. The summed E-state index contributed by atoms with van der Waals surface area (Å²) in [6, 6.07) is 2.64. The number of hydrogen-bond acceptors (Lipinski definition) is 4. The molecule has 0 radical (unpaired) electrons. The smallest absolute Gasteiger partial charge is 0.135 e. The number of carbonyl (C=O) groups excluding carboxylic acids is 1. The SMILES string of the molecule is CC(C)(C)N1CCC[C@@H](Oc2cc(F)c(C(=O)[O-])cc2C2CC2)C1. The highest BCUT2D eigenvalue weighted by Gasteiger charge is 2.32. The minimum absolute atomic E-state index is 0.00341. The average Bonchev–Trinajstić information content (AvgIpc) is 3.31. The van der Waals surface area contributed by atoms with Crippen LogP contribution in [0.1, 0.15) is 68.3 Å². The Morgan fingerprint density at radius 2 is 2.00 bits per heavy atom. The zero-order valence-corrected chi connectivity index (χ0v) is 14.6. The Morgan fingerprint density at radius 1 is 1.29 bits per heavy atom. The van der Waals surface area contributed by atoms with E-state index < -0.39 is 11.8 Å². The lowest BCUT2D eigenvalue weighted by molar-refractivity contribution is -0.255. The van der Waals surface area contributed by atoms with E-state index in [1.165, 1.54) is 12.1 Å². The molecule has 5 heteroatoms. The summed E-state index contributed by atoms with van der Waals surface area (Å²) in [6.45, 7) is 8.38. The van der Waals surface area contributed by atoms with E-state index in [1.807, 2.05) is 0 Å². The van der Waals surface area contributed by atoms with Crippen molar-refractivity contribution in [2.45, 2.75) is 64.0 Å². The van der Waals surface area contributed by atoms with Crippen molar-refractivity contribution in [3.63, 3.8) is 0 Å². The number of hydrogen-bond donors (Lipinski definition) is 0. The Kier molecular flexibility index (Phi) is 4.56. The number of benzene rings is 1. The minimum Gasteiger partial charge on any atom is -0.545 e. The van der Waals surface area contributed by atoms with Gasteiger partial charge >= 0.3 is 0 Å². The summed E-state index contributed by atoms with van der Waals surface area (Å²) in [4.78, 5) is 13.5. The summed E-state index contributed by atoms with van der Waals surface area (Å²) in [5, 5.41) is 11.1. The Labute approximate surface area is 142 Å². The molecule has 4 nitrogen and oxygen atoms in total. The summed E-state index contributed by atoms with van der Waals surface area (Å²) in [5.74, 6) is -1.47. The maximum Gasteiger partial charge on any atom is 0.135 e. The van der Waals surface area contributed by atoms with Crippen molar-refractivity contribution in [3.8, 4) is 5.75 Å². The van der Waals surface area contributed by atoms with Gasteiger partial charge in [-0.2, -0.15) is 0 Å². The van der Waals surface area contributed by atoms with Crippen LogP contribution in [0.2, 0.25) is 0 Å². The first kappa shape index (κ1) is 17.2. The molecule has 1 aliphatic carbocycles. The Balaban J connectivity index is 1.81. The van der Waals surface area contributed by atoms with Gasteiger partial charge in [0.05, 0.1) is 5.97 Å². The minimum atomic E-state index is -1.47. The van der Waals surface area contributed by atoms with Crippen LogP contribution >= 0.6 is 0 Å². The summed E-state index contributed by atoms with van der Waals surface area (Å²) < 4.78 is 20.2. The van der Waals surface area contributed by atoms with Gasteiger partial charge in [0.2, 0.25) is 0 Å². The first-order chi connectivity index (χ1) is 11.3. The lowest BCUT2D eigenvalue weighted by Gasteiger charge is -2.41. The molecule has 0 spiro atoms. The van der Waals surface area contributed by atoms with E-state index in [4.69, 9.17) is 4.74 Å². The second-order valence-corrected chi connectivity index (χ2v) is 7.93. The van der Waals surface area contributed by atoms with Crippen molar-refractivity contribution in [1.82, 2.24) is 4.90 Å². The molecule has 0 bridgehead atoms. The van der Waals surface area contributed by atoms with E-state index in [1.54, 1.807) is 0 Å². The Hall–Kier alpha value is -1.62. The van der Waals surface area contributed by atoms with Crippen molar-refractivity contribution in [1.29, 1.82) is 0 Å². The highest BCUT2D eigenvalue weighted by Crippen LogP contribution is 2.45. The van der Waals surface area contributed by atoms with Crippen LogP contribution in [-0.2, 0) is 0 Å². The third-order valence-electron chi connectivity index (χ3n) is 4.96. The van der Waals surface area contributed by atoms with Crippen LogP contribution < -0.4 is 9.84 Å². The molecular weight excluding hydrogens is 309 g/mol. The standard InChI is InChI=1S/C19H26FNO3/c1-19(2,3)21-8-4-5-13(11-21)24-17-10-16(20)15(18(22)23)9-14(17)12-6-7-12/h9-10,12-13H,4-8,11H2,1-3H3,(H,22,23)/p-1/t13-/m1/s1. The molecule has 0 amide bonds. The predicted molar refractivity (Wildman–Crippen MR) is 87.7 cm³/mol. The topological polar surface area (TPSA) is 52.6 Å². The highest BCUT2D eigenvalue weighted by atomic mass is 19.1. The fraction of sp³-hybridized carbons (Fsp3) is 0.632. The van der Waals surface area contributed by atoms with Crippen LogP contribution in [0, 0.1) is 5.82 Å². The number of likely N-dealkylation sites (tertiary alicyclic amines) is 1. The van der Waals surface area contributed by atoms with Gasteiger partial charge in [-0.3, -0.25) is 4.90 Å². The molecule has 1 aromatic carbocycles. The van der Waals surface area contributed by atoms with E-state index in [9.17, 15) is 14.3 Å². The second kappa shape index (κ2) is 6.36. The van der Waals surface area contributed by atoms with Crippen LogP contribution in [0.4, 0.5) is 4.39 Å². The lowest BCUT2D eigenvalue weighted by atomic mass is 9.99. The quantitative estimate of drug-likeness (QED) is 0.849. The normalized spacial score (nSPS) is 22.4. The molecule has 0 aromatic heterocycles. The second-order valence-electron chi connectivity index (χ2n) is 7.93. The van der Waals surface area contributed by atoms with Crippen molar-refractivity contribution in [3.05, 3.63) is 29.1 Å². The number of carbonyl (C=O) groups is 1. The van der Waals surface area contributed by atoms with E-state index >= 15 is 0 Å². The Morgan fingerprint density at radius 3 is 2.58 bits per heavy atom. The number of piperidine rings is 1. The van der Waals surface area contributed by atoms with Gasteiger partial charge in [0.25, 0.3) is 0 Å². The van der Waals surface area contributed by atoms with Crippen molar-refractivity contribution < 1.29 is 19.0 Å². The van der Waals surface area contributed by atoms with Crippen LogP contribution in [0.15, 0.2) is 12.1 Å². The molecular formula is C19H25FNO3-. The van der Waals surface area contributed by atoms with Gasteiger partial charge in [0.15, 0.2) is 0 Å². The average molecular weight is 334 g/mol. The predicted octanol–water partition coefficient (Wildman–Crippen LogP) is 2.71. The number of carboxylic acids is 1. The van der Waals surface area contributed by atoms with Crippen LogP contribution in [0.5, 0.6) is 5.75 Å². The van der Waals surface area contributed by atoms with Gasteiger partial charge in [0, 0.05) is 23.7 Å². The number of ether oxygens (including phenoxy) is 1. The third kappa shape index (κ3) is 3.72. The van der Waals surface area contributed by atoms with Crippen LogP contribution in [0.3, 0.4) is 0 Å². The molecule has 2 fully saturated rings. The van der Waals surface area contributed by atoms with E-state index in [0.717, 1.165) is 44.3 Å². The lowest BCUT2D eigenvalue weighted by Crippen LogP contribution is -2.50. The van der Waals surface area contributed by atoms with Gasteiger partial charge in [-0.1, -0.05) is 0 Å². The van der Waals surface area contributed by atoms with Crippen LogP contribution in [-0.4, -0.2) is 35.6 Å². The monoisotopic (exact) mass is 334 g/mol. The molecule has 1 heterocycles. The molecule has 2 aliphatic rings. The number of halogens is 1. The maximum absolute atomic E-state index is 14.1. The Bertz CT molecular complexity index is 634. The van der Waals surface area contributed by atoms with Gasteiger partial charge < -0.3 is 14.6 Å². The molecule has 1 aliphatic heterocycles. The first-order valence-electron chi connectivity index (χ1n) is 8.72. The highest BCUT2D eigenvalue weighted by molar-refractivity contribution is 5.86. The van der Waals surface area contributed by atoms with E-state index in [-0.39, 0.29) is 23.1 Å². The zero-order valence-electron chi connectivity index (χ0n) is 14.6. The van der Waals surface area contributed by atoms with Crippen molar-refractivity contribution in [2.24, 2.45) is 0 Å². The molecule has 132 valence electrons. The van der Waals surface area contributed by atoms with Crippen molar-refractivity contribution >= 4 is 5.97 Å². The van der Waals surface area contributed by atoms with Crippen molar-refractivity contribution in [2.75, 3.05) is 13.1 Å². The zero-order chi connectivity index (χ0) is 17.5. The molecule has 0 unspecified atom stereocenters. The molecule has 3 rings (SSSR count). The fourth-order valence-electron chi connectivity index (χ4n) is 3.37. The van der Waals surface area contributed by atoms with Gasteiger partial charge in [0.1, 0.15) is 17.7 Å². The summed E-state index contributed by atoms with van der Waals surface area (Å²) in [6.07, 6.45) is 3.96. The molecule has 1 saturated carbocycles.